The second-order valence-electron chi connectivity index (χ2n) is 4.12. The van der Waals surface area contributed by atoms with Crippen molar-refractivity contribution in [2.75, 3.05) is 13.7 Å². The van der Waals surface area contributed by atoms with Gasteiger partial charge in [-0.2, -0.15) is 0 Å². The largest absolute Gasteiger partial charge is 0.542 e. The molecule has 1 heterocycles. The summed E-state index contributed by atoms with van der Waals surface area (Å²) < 4.78 is 16.0. The predicted octanol–water partition coefficient (Wildman–Crippen LogP) is 1.07. The van der Waals surface area contributed by atoms with Gasteiger partial charge in [0.05, 0.1) is 11.7 Å². The van der Waals surface area contributed by atoms with Crippen LogP contribution in [0, 0.1) is 43.6 Å². The van der Waals surface area contributed by atoms with Crippen LogP contribution in [-0.4, -0.2) is 31.4 Å². The summed E-state index contributed by atoms with van der Waals surface area (Å²) >= 11 is 0. The summed E-state index contributed by atoms with van der Waals surface area (Å²) in [5.41, 5.74) is 0.544. The molecule has 0 unspecified atom stereocenters. The standard InChI is InChI=1S/C11H15O4.U/c1-7-4-11(6-14-8(2)12)10(13-3)9(7)5-15-11;/h5,9-10H,1,4,6H2,2-3H3;/q-1;/t9-,10+,11-;/m1./s1. The monoisotopic (exact) mass is 449 g/mol. The van der Waals surface area contributed by atoms with Crippen molar-refractivity contribution in [3.63, 3.8) is 0 Å². The first kappa shape index (κ1) is 14.2. The molecule has 0 aromatic rings. The third-order valence-electron chi connectivity index (χ3n) is 3.07. The van der Waals surface area contributed by atoms with Crippen molar-refractivity contribution in [3.05, 3.63) is 18.8 Å². The fourth-order valence-corrected chi connectivity index (χ4v) is 2.38. The topological polar surface area (TPSA) is 44.8 Å². The molecule has 0 N–H and O–H groups in total. The molecule has 0 amide bonds. The van der Waals surface area contributed by atoms with E-state index in [2.05, 4.69) is 6.58 Å². The zero-order valence-electron chi connectivity index (χ0n) is 9.49. The molecule has 4 nitrogen and oxygen atoms in total. The summed E-state index contributed by atoms with van der Waals surface area (Å²) in [7, 11) is 1.64. The number of ether oxygens (including phenoxy) is 3. The zero-order chi connectivity index (χ0) is 11.1. The van der Waals surface area contributed by atoms with E-state index in [1.165, 1.54) is 6.92 Å². The third kappa shape index (κ3) is 2.24. The fourth-order valence-electron chi connectivity index (χ4n) is 2.38. The molecule has 88 valence electrons. The Labute approximate surface area is 119 Å². The summed E-state index contributed by atoms with van der Waals surface area (Å²) in [4.78, 5) is 10.8. The Balaban J connectivity index is 0.00000128. The molecule has 2 rings (SSSR count). The number of fused-ring (bicyclic) bond motifs is 2. The zero-order valence-corrected chi connectivity index (χ0v) is 13.7. The number of hydrogen-bond donors (Lipinski definition) is 0. The molecule has 0 spiro atoms. The number of esters is 1. The van der Waals surface area contributed by atoms with Gasteiger partial charge in [-0.25, -0.2) is 6.61 Å². The summed E-state index contributed by atoms with van der Waals surface area (Å²) in [6, 6.07) is 0. The summed E-state index contributed by atoms with van der Waals surface area (Å²) in [5, 5.41) is 0. The maximum absolute atomic E-state index is 10.8. The van der Waals surface area contributed by atoms with Crippen LogP contribution in [-0.2, 0) is 19.0 Å². The van der Waals surface area contributed by atoms with Crippen LogP contribution in [0.5, 0.6) is 0 Å². The van der Waals surface area contributed by atoms with Gasteiger partial charge in [-0.3, -0.25) is 4.79 Å². The molecular weight excluding hydrogens is 434 g/mol. The number of hydrogen-bond acceptors (Lipinski definition) is 4. The predicted molar refractivity (Wildman–Crippen MR) is 52.8 cm³/mol. The Kier molecular flexibility index (Phi) is 4.65. The van der Waals surface area contributed by atoms with Crippen LogP contribution in [0.1, 0.15) is 13.3 Å². The molecule has 1 saturated heterocycles. The summed E-state index contributed by atoms with van der Waals surface area (Å²) in [6.07, 6.45) is 0.615. The summed E-state index contributed by atoms with van der Waals surface area (Å²) in [6.45, 7) is 7.33. The average Bonchev–Trinajstić information content (AvgIpc) is 2.66. The molecule has 5 heteroatoms. The maximum Gasteiger partial charge on any atom is 0.302 e. The molecule has 0 aromatic heterocycles. The second kappa shape index (κ2) is 5.22. The average molecular weight is 449 g/mol. The molecule has 16 heavy (non-hydrogen) atoms. The molecule has 1 aliphatic heterocycles. The van der Waals surface area contributed by atoms with E-state index in [1.807, 2.05) is 0 Å². The van der Waals surface area contributed by atoms with E-state index in [-0.39, 0.29) is 55.7 Å². The normalized spacial score (nSPS) is 36.0. The molecule has 3 atom stereocenters. The molecule has 2 aliphatic rings. The van der Waals surface area contributed by atoms with E-state index >= 15 is 0 Å². The summed E-state index contributed by atoms with van der Waals surface area (Å²) in [5.74, 6) is -0.172. The number of methoxy groups -OCH3 is 1. The van der Waals surface area contributed by atoms with Crippen LogP contribution < -0.4 is 0 Å². The number of carbonyl (C=O) groups excluding carboxylic acids is 1. The number of carbonyl (C=O) groups is 1. The molecule has 0 aromatic carbocycles. The first-order chi connectivity index (χ1) is 7.09. The minimum atomic E-state index is -0.540. The number of rotatable bonds is 3. The maximum atomic E-state index is 10.8. The van der Waals surface area contributed by atoms with Gasteiger partial charge in [-0.1, -0.05) is 11.5 Å². The van der Waals surface area contributed by atoms with Crippen LogP contribution in [0.4, 0.5) is 0 Å². The first-order valence-electron chi connectivity index (χ1n) is 4.94. The van der Waals surface area contributed by atoms with Gasteiger partial charge in [0.2, 0.25) is 0 Å². The van der Waals surface area contributed by atoms with Crippen LogP contribution in [0.3, 0.4) is 0 Å². The van der Waals surface area contributed by atoms with Crippen molar-refractivity contribution >= 4 is 5.97 Å². The molecular formula is C11H15O4U-. The fraction of sp³-hybridized carbons (Fsp3) is 0.636. The Morgan fingerprint density at radius 3 is 2.94 bits per heavy atom. The van der Waals surface area contributed by atoms with Crippen LogP contribution in [0.2, 0.25) is 0 Å². The minimum absolute atomic E-state index is 0. The van der Waals surface area contributed by atoms with E-state index in [1.54, 1.807) is 13.7 Å². The van der Waals surface area contributed by atoms with E-state index in [9.17, 15) is 4.79 Å². The molecule has 1 aliphatic carbocycles. The van der Waals surface area contributed by atoms with Gasteiger partial charge >= 0.3 is 5.97 Å². The first-order valence-corrected chi connectivity index (χ1v) is 4.94. The molecule has 2 bridgehead atoms. The van der Waals surface area contributed by atoms with Crippen LogP contribution in [0.25, 0.3) is 0 Å². The molecule has 2 fully saturated rings. The van der Waals surface area contributed by atoms with Crippen molar-refractivity contribution in [2.45, 2.75) is 25.0 Å². The van der Waals surface area contributed by atoms with E-state index in [4.69, 9.17) is 14.2 Å². The van der Waals surface area contributed by atoms with Gasteiger partial charge < -0.3 is 14.2 Å². The second-order valence-corrected chi connectivity index (χ2v) is 4.12. The minimum Gasteiger partial charge on any atom is -0.542 e. The van der Waals surface area contributed by atoms with Crippen molar-refractivity contribution in [2.24, 2.45) is 5.92 Å². The van der Waals surface area contributed by atoms with Gasteiger partial charge in [-0.05, 0) is 6.42 Å². The Morgan fingerprint density at radius 2 is 2.44 bits per heavy atom. The van der Waals surface area contributed by atoms with E-state index < -0.39 is 5.60 Å². The van der Waals surface area contributed by atoms with Crippen molar-refractivity contribution in [1.82, 2.24) is 0 Å². The van der Waals surface area contributed by atoms with Crippen molar-refractivity contribution in [3.8, 4) is 0 Å². The van der Waals surface area contributed by atoms with E-state index in [0.29, 0.717) is 6.42 Å². The molecule has 0 radical (unpaired) electrons. The van der Waals surface area contributed by atoms with Gasteiger partial charge in [0.1, 0.15) is 6.61 Å². The molecule has 1 saturated carbocycles. The van der Waals surface area contributed by atoms with Gasteiger partial charge in [0.15, 0.2) is 0 Å². The smallest absolute Gasteiger partial charge is 0.302 e. The van der Waals surface area contributed by atoms with Gasteiger partial charge in [0.25, 0.3) is 0 Å². The Morgan fingerprint density at radius 1 is 1.75 bits per heavy atom. The Hall–Kier alpha value is 0.182. The quantitative estimate of drug-likeness (QED) is 0.368. The SMILES string of the molecule is C=C1C[C@]2(COC(C)=O)O[CH-][C@H]1[C@@H]2OC.[U]. The van der Waals surface area contributed by atoms with Crippen molar-refractivity contribution in [1.29, 1.82) is 0 Å². The van der Waals surface area contributed by atoms with Gasteiger partial charge in [0, 0.05) is 45.1 Å². The van der Waals surface area contributed by atoms with Crippen molar-refractivity contribution < 1.29 is 50.1 Å². The van der Waals surface area contributed by atoms with Crippen LogP contribution in [0.15, 0.2) is 12.2 Å². The third-order valence-corrected chi connectivity index (χ3v) is 3.07. The van der Waals surface area contributed by atoms with E-state index in [0.717, 1.165) is 5.57 Å². The van der Waals surface area contributed by atoms with Gasteiger partial charge in [-0.15, -0.1) is 6.58 Å². The Bertz CT molecular complexity index is 304. The van der Waals surface area contributed by atoms with Crippen LogP contribution >= 0.6 is 0 Å².